The predicted octanol–water partition coefficient (Wildman–Crippen LogP) is 1.69. The van der Waals surface area contributed by atoms with Gasteiger partial charge in [0.2, 0.25) is 0 Å². The van der Waals surface area contributed by atoms with Gasteiger partial charge in [0, 0.05) is 30.2 Å². The number of anilines is 1. The number of nitrogens with zero attached hydrogens (tertiary/aromatic N) is 2. The van der Waals surface area contributed by atoms with E-state index in [2.05, 4.69) is 9.88 Å². The molecule has 1 unspecified atom stereocenters. The Morgan fingerprint density at radius 3 is 2.68 bits per heavy atom. The van der Waals surface area contributed by atoms with Crippen LogP contribution in [0.1, 0.15) is 18.9 Å². The van der Waals surface area contributed by atoms with Crippen LogP contribution >= 0.6 is 0 Å². The molecular weight excluding hydrogens is 240 g/mol. The van der Waals surface area contributed by atoms with E-state index in [1.165, 1.54) is 0 Å². The van der Waals surface area contributed by atoms with Crippen LogP contribution in [0.4, 0.5) is 5.82 Å². The van der Waals surface area contributed by atoms with Gasteiger partial charge in [-0.15, -0.1) is 0 Å². The molecule has 19 heavy (non-hydrogen) atoms. The van der Waals surface area contributed by atoms with Crippen molar-refractivity contribution in [2.45, 2.75) is 25.6 Å². The lowest BCUT2D eigenvalue weighted by Crippen LogP contribution is -2.30. The monoisotopic (exact) mass is 258 g/mol. The Hall–Kier alpha value is -1.65. The van der Waals surface area contributed by atoms with Gasteiger partial charge in [0.1, 0.15) is 5.82 Å². The Morgan fingerprint density at radius 1 is 1.32 bits per heavy atom. The minimum atomic E-state index is -0.640. The van der Waals surface area contributed by atoms with Crippen LogP contribution in [-0.2, 0) is 6.61 Å². The summed E-state index contributed by atoms with van der Waals surface area (Å²) in [4.78, 5) is 6.59. The Bertz CT molecular complexity index is 610. The van der Waals surface area contributed by atoms with Crippen molar-refractivity contribution in [2.24, 2.45) is 0 Å². The maximum absolute atomic E-state index is 10.1. The number of pyridine rings is 1. The summed E-state index contributed by atoms with van der Waals surface area (Å²) >= 11 is 0. The molecule has 2 aromatic rings. The lowest BCUT2D eigenvalue weighted by molar-refractivity contribution is 0.0839. The van der Waals surface area contributed by atoms with E-state index in [0.717, 1.165) is 35.1 Å². The summed E-state index contributed by atoms with van der Waals surface area (Å²) in [5.41, 5.74) is 0.198. The Morgan fingerprint density at radius 2 is 2.05 bits per heavy atom. The first-order chi connectivity index (χ1) is 9.11. The van der Waals surface area contributed by atoms with E-state index in [1.54, 1.807) is 6.20 Å². The number of aromatic nitrogens is 1. The summed E-state index contributed by atoms with van der Waals surface area (Å²) in [6, 6.07) is 7.96. The maximum atomic E-state index is 10.1. The molecule has 1 saturated heterocycles. The van der Waals surface area contributed by atoms with Crippen molar-refractivity contribution in [3.05, 3.63) is 36.0 Å². The molecule has 0 radical (unpaired) electrons. The van der Waals surface area contributed by atoms with E-state index in [9.17, 15) is 10.2 Å². The van der Waals surface area contributed by atoms with Crippen molar-refractivity contribution in [2.75, 3.05) is 18.0 Å². The van der Waals surface area contributed by atoms with Crippen LogP contribution in [0.2, 0.25) is 0 Å². The molecule has 1 atom stereocenters. The van der Waals surface area contributed by atoms with Gasteiger partial charge >= 0.3 is 0 Å². The molecule has 0 amide bonds. The molecule has 1 aromatic carbocycles. The van der Waals surface area contributed by atoms with Gasteiger partial charge in [-0.2, -0.15) is 0 Å². The molecule has 1 aliphatic heterocycles. The van der Waals surface area contributed by atoms with Crippen molar-refractivity contribution in [1.29, 1.82) is 0 Å². The standard InChI is InChI=1S/C15H18N2O2/c1-15(19)6-7-17(10-15)14-13-5-3-2-4-12(13)11(9-18)8-16-14/h2-5,8,18-19H,6-7,9-10H2,1H3. The first-order valence-electron chi connectivity index (χ1n) is 6.55. The zero-order valence-corrected chi connectivity index (χ0v) is 11.0. The third-order valence-electron chi connectivity index (χ3n) is 3.78. The summed E-state index contributed by atoms with van der Waals surface area (Å²) in [6.45, 7) is 3.26. The minimum absolute atomic E-state index is 0.00842. The van der Waals surface area contributed by atoms with Crippen LogP contribution in [-0.4, -0.2) is 33.9 Å². The molecule has 4 heteroatoms. The second-order valence-electron chi connectivity index (χ2n) is 5.48. The molecule has 2 heterocycles. The maximum Gasteiger partial charge on any atom is 0.136 e. The molecule has 3 rings (SSSR count). The van der Waals surface area contributed by atoms with Crippen LogP contribution in [0.5, 0.6) is 0 Å². The second-order valence-corrected chi connectivity index (χ2v) is 5.48. The number of β-amino-alcohol motifs (C(OH)–C–C–N with tert-alkyl or cyclic N) is 1. The zero-order valence-electron chi connectivity index (χ0n) is 11.0. The van der Waals surface area contributed by atoms with E-state index >= 15 is 0 Å². The molecule has 4 nitrogen and oxygen atoms in total. The molecule has 1 fully saturated rings. The number of aliphatic hydroxyl groups is 2. The van der Waals surface area contributed by atoms with Crippen molar-refractivity contribution >= 4 is 16.6 Å². The van der Waals surface area contributed by atoms with Gasteiger partial charge < -0.3 is 15.1 Å². The smallest absolute Gasteiger partial charge is 0.136 e. The summed E-state index contributed by atoms with van der Waals surface area (Å²) < 4.78 is 0. The lowest BCUT2D eigenvalue weighted by atomic mass is 10.1. The fourth-order valence-electron chi connectivity index (χ4n) is 2.74. The van der Waals surface area contributed by atoms with Gasteiger partial charge in [0.05, 0.1) is 12.2 Å². The number of benzene rings is 1. The molecule has 2 N–H and O–H groups in total. The molecule has 0 aliphatic carbocycles. The minimum Gasteiger partial charge on any atom is -0.392 e. The second kappa shape index (κ2) is 4.47. The van der Waals surface area contributed by atoms with Crippen molar-refractivity contribution in [3.8, 4) is 0 Å². The van der Waals surface area contributed by atoms with Crippen LogP contribution in [0.3, 0.4) is 0 Å². The average Bonchev–Trinajstić information content (AvgIpc) is 2.77. The van der Waals surface area contributed by atoms with E-state index in [-0.39, 0.29) is 6.61 Å². The topological polar surface area (TPSA) is 56.6 Å². The van der Waals surface area contributed by atoms with Crippen molar-refractivity contribution in [3.63, 3.8) is 0 Å². The van der Waals surface area contributed by atoms with Crippen LogP contribution in [0.15, 0.2) is 30.5 Å². The Kier molecular flexibility index (Phi) is 2.92. The van der Waals surface area contributed by atoms with Crippen molar-refractivity contribution in [1.82, 2.24) is 4.98 Å². The highest BCUT2D eigenvalue weighted by atomic mass is 16.3. The zero-order chi connectivity index (χ0) is 13.5. The fourth-order valence-corrected chi connectivity index (χ4v) is 2.74. The van der Waals surface area contributed by atoms with Gasteiger partial charge in [-0.25, -0.2) is 4.98 Å². The molecular formula is C15H18N2O2. The highest BCUT2D eigenvalue weighted by molar-refractivity contribution is 5.94. The number of aliphatic hydroxyl groups excluding tert-OH is 1. The van der Waals surface area contributed by atoms with Gasteiger partial charge in [-0.05, 0) is 18.7 Å². The summed E-state index contributed by atoms with van der Waals surface area (Å²) in [5.74, 6) is 0.894. The molecule has 0 spiro atoms. The third-order valence-corrected chi connectivity index (χ3v) is 3.78. The predicted molar refractivity (Wildman–Crippen MR) is 75.1 cm³/mol. The SMILES string of the molecule is CC1(O)CCN(c2ncc(CO)c3ccccc23)C1. The van der Waals surface area contributed by atoms with Crippen LogP contribution < -0.4 is 4.90 Å². The average molecular weight is 258 g/mol. The third kappa shape index (κ3) is 2.17. The quantitative estimate of drug-likeness (QED) is 0.860. The van der Waals surface area contributed by atoms with Gasteiger partial charge in [0.25, 0.3) is 0 Å². The van der Waals surface area contributed by atoms with Gasteiger partial charge in [-0.1, -0.05) is 24.3 Å². The molecule has 0 bridgehead atoms. The number of hydrogen-bond donors (Lipinski definition) is 2. The van der Waals surface area contributed by atoms with Crippen LogP contribution in [0, 0.1) is 0 Å². The first-order valence-corrected chi connectivity index (χ1v) is 6.55. The van der Waals surface area contributed by atoms with Crippen LogP contribution in [0.25, 0.3) is 10.8 Å². The van der Waals surface area contributed by atoms with Gasteiger partial charge in [0.15, 0.2) is 0 Å². The number of hydrogen-bond acceptors (Lipinski definition) is 4. The summed E-state index contributed by atoms with van der Waals surface area (Å²) in [5, 5.41) is 21.5. The molecule has 1 aliphatic rings. The molecule has 100 valence electrons. The normalized spacial score (nSPS) is 23.2. The van der Waals surface area contributed by atoms with E-state index < -0.39 is 5.60 Å². The largest absolute Gasteiger partial charge is 0.392 e. The highest BCUT2D eigenvalue weighted by Gasteiger charge is 2.32. The lowest BCUT2D eigenvalue weighted by Gasteiger charge is -2.21. The van der Waals surface area contributed by atoms with E-state index in [1.807, 2.05) is 31.2 Å². The molecule has 0 saturated carbocycles. The summed E-state index contributed by atoms with van der Waals surface area (Å²) in [6.07, 6.45) is 2.48. The number of rotatable bonds is 2. The van der Waals surface area contributed by atoms with E-state index in [4.69, 9.17) is 0 Å². The first kappa shape index (κ1) is 12.4. The molecule has 1 aromatic heterocycles. The Labute approximate surface area is 112 Å². The number of fused-ring (bicyclic) bond motifs is 1. The van der Waals surface area contributed by atoms with Gasteiger partial charge in [-0.3, -0.25) is 0 Å². The highest BCUT2D eigenvalue weighted by Crippen LogP contribution is 2.31. The summed E-state index contributed by atoms with van der Waals surface area (Å²) in [7, 11) is 0. The fraction of sp³-hybridized carbons (Fsp3) is 0.400. The Balaban J connectivity index is 2.10. The van der Waals surface area contributed by atoms with Crippen molar-refractivity contribution < 1.29 is 10.2 Å². The van der Waals surface area contributed by atoms with E-state index in [0.29, 0.717) is 6.54 Å².